The number of hydrogen-bond donors (Lipinski definition) is 2. The second kappa shape index (κ2) is 10.8. The van der Waals surface area contributed by atoms with E-state index in [1.54, 1.807) is 30.3 Å². The Hall–Kier alpha value is -4.23. The predicted molar refractivity (Wildman–Crippen MR) is 141 cm³/mol. The van der Waals surface area contributed by atoms with Gasteiger partial charge in [0.05, 0.1) is 29.5 Å². The molecule has 7 nitrogen and oxygen atoms in total. The molecule has 1 aromatic heterocycles. The van der Waals surface area contributed by atoms with Crippen molar-refractivity contribution in [2.75, 3.05) is 13.7 Å². The van der Waals surface area contributed by atoms with Gasteiger partial charge in [-0.15, -0.1) is 0 Å². The number of ether oxygens (including phenoxy) is 2. The summed E-state index contributed by atoms with van der Waals surface area (Å²) in [4.78, 5) is 25.8. The van der Waals surface area contributed by atoms with Crippen LogP contribution in [0.1, 0.15) is 30.4 Å². The first-order chi connectivity index (χ1) is 17.7. The van der Waals surface area contributed by atoms with Gasteiger partial charge >= 0.3 is 5.97 Å². The number of rotatable bonds is 8. The lowest BCUT2D eigenvalue weighted by atomic mass is 9.86. The zero-order chi connectivity index (χ0) is 26.7. The van der Waals surface area contributed by atoms with Crippen LogP contribution in [0.2, 0.25) is 5.02 Å². The second-order valence-corrected chi connectivity index (χ2v) is 9.08. The molecule has 1 atom stereocenters. The third-order valence-electron chi connectivity index (χ3n) is 5.91. The van der Waals surface area contributed by atoms with E-state index in [1.165, 1.54) is 37.6 Å². The van der Waals surface area contributed by atoms with Crippen molar-refractivity contribution < 1.29 is 28.9 Å². The lowest BCUT2D eigenvalue weighted by Crippen LogP contribution is -2.13. The van der Waals surface area contributed by atoms with Crippen LogP contribution in [0.4, 0.5) is 0 Å². The molecule has 0 bridgehead atoms. The van der Waals surface area contributed by atoms with Gasteiger partial charge in [-0.2, -0.15) is 0 Å². The second-order valence-electron chi connectivity index (χ2n) is 8.67. The highest BCUT2D eigenvalue weighted by Gasteiger charge is 2.27. The van der Waals surface area contributed by atoms with Crippen molar-refractivity contribution in [2.45, 2.75) is 19.3 Å². The number of esters is 1. The van der Waals surface area contributed by atoms with Crippen molar-refractivity contribution in [3.63, 3.8) is 0 Å². The predicted octanol–water partition coefficient (Wildman–Crippen LogP) is 6.17. The monoisotopic (exact) mass is 520 g/mol. The molecular formula is C29H25ClO7. The Morgan fingerprint density at radius 1 is 1.11 bits per heavy atom. The third-order valence-corrected chi connectivity index (χ3v) is 6.21. The maximum atomic E-state index is 13.4. The maximum absolute atomic E-state index is 13.4. The standard InChI is InChI=1S/C29H25ClO7/c1-16(2)14-36-25-11-6-18(12-23(25)30)21(13-26(33)35-3)27-24(32)10-9-20-28(34)22(15-37-29(20)27)17-4-7-19(31)8-5-17/h4-12,15,21,31-32H,1,13-14H2,2-3H3/t21-/m0/s1. The minimum atomic E-state index is -0.744. The molecule has 0 spiro atoms. The number of methoxy groups -OCH3 is 1. The summed E-state index contributed by atoms with van der Waals surface area (Å²) in [5, 5.41) is 21.0. The molecule has 0 saturated carbocycles. The summed E-state index contributed by atoms with van der Waals surface area (Å²) in [5.41, 5.74) is 2.33. The number of hydrogen-bond acceptors (Lipinski definition) is 7. The zero-order valence-electron chi connectivity index (χ0n) is 20.3. The van der Waals surface area contributed by atoms with E-state index in [2.05, 4.69) is 6.58 Å². The van der Waals surface area contributed by atoms with Gasteiger partial charge in [0.1, 0.15) is 35.7 Å². The minimum absolute atomic E-state index is 0.0708. The Kier molecular flexibility index (Phi) is 7.55. The molecule has 0 saturated heterocycles. The molecule has 4 aromatic rings. The Labute approximate surface area is 218 Å². The van der Waals surface area contributed by atoms with Crippen molar-refractivity contribution in [3.05, 3.63) is 99.4 Å². The number of benzene rings is 3. The van der Waals surface area contributed by atoms with Crippen LogP contribution in [0.3, 0.4) is 0 Å². The van der Waals surface area contributed by atoms with Gasteiger partial charge in [-0.25, -0.2) is 0 Å². The number of phenols is 2. The Morgan fingerprint density at radius 3 is 2.49 bits per heavy atom. The van der Waals surface area contributed by atoms with Gasteiger partial charge in [-0.1, -0.05) is 36.4 Å². The number of halogens is 1. The molecule has 3 aromatic carbocycles. The van der Waals surface area contributed by atoms with Crippen LogP contribution in [0.15, 0.2) is 82.2 Å². The molecule has 37 heavy (non-hydrogen) atoms. The summed E-state index contributed by atoms with van der Waals surface area (Å²) in [6.07, 6.45) is 1.16. The highest BCUT2D eigenvalue weighted by atomic mass is 35.5. The molecule has 0 fully saturated rings. The number of aromatic hydroxyl groups is 2. The SMILES string of the molecule is C=C(C)COc1ccc([C@H](CC(=O)OC)c2c(O)ccc3c(=O)c(-c4ccc(O)cc4)coc23)cc1Cl. The van der Waals surface area contributed by atoms with Crippen molar-refractivity contribution in [1.82, 2.24) is 0 Å². The molecule has 1 heterocycles. The fourth-order valence-electron chi connectivity index (χ4n) is 4.08. The lowest BCUT2D eigenvalue weighted by Gasteiger charge is -2.20. The Bertz CT molecular complexity index is 1540. The number of fused-ring (bicyclic) bond motifs is 1. The van der Waals surface area contributed by atoms with Crippen LogP contribution >= 0.6 is 11.6 Å². The fourth-order valence-corrected chi connectivity index (χ4v) is 4.32. The molecule has 0 radical (unpaired) electrons. The van der Waals surface area contributed by atoms with Crippen LogP contribution in [0.5, 0.6) is 17.2 Å². The maximum Gasteiger partial charge on any atom is 0.306 e. The quantitative estimate of drug-likeness (QED) is 0.211. The van der Waals surface area contributed by atoms with E-state index in [1.807, 2.05) is 6.92 Å². The van der Waals surface area contributed by atoms with Crippen LogP contribution in [0, 0.1) is 0 Å². The van der Waals surface area contributed by atoms with Crippen molar-refractivity contribution >= 4 is 28.5 Å². The summed E-state index contributed by atoms with van der Waals surface area (Å²) in [7, 11) is 1.27. The van der Waals surface area contributed by atoms with E-state index in [4.69, 9.17) is 25.5 Å². The highest BCUT2D eigenvalue weighted by molar-refractivity contribution is 6.32. The molecule has 2 N–H and O–H groups in total. The van der Waals surface area contributed by atoms with Gasteiger partial charge < -0.3 is 24.1 Å². The Balaban J connectivity index is 1.87. The van der Waals surface area contributed by atoms with E-state index in [0.717, 1.165) is 5.57 Å². The number of carbonyl (C=O) groups excluding carboxylic acids is 1. The molecule has 0 amide bonds. The fraction of sp³-hybridized carbons (Fsp3) is 0.172. The average molecular weight is 521 g/mol. The normalized spacial score (nSPS) is 11.8. The van der Waals surface area contributed by atoms with Crippen molar-refractivity contribution in [3.8, 4) is 28.4 Å². The zero-order valence-corrected chi connectivity index (χ0v) is 21.0. The molecule has 8 heteroatoms. The van der Waals surface area contributed by atoms with E-state index in [9.17, 15) is 19.8 Å². The van der Waals surface area contributed by atoms with E-state index in [0.29, 0.717) is 28.5 Å². The highest BCUT2D eigenvalue weighted by Crippen LogP contribution is 2.41. The van der Waals surface area contributed by atoms with Crippen LogP contribution in [-0.4, -0.2) is 29.9 Å². The van der Waals surface area contributed by atoms with Crippen LogP contribution in [-0.2, 0) is 9.53 Å². The average Bonchev–Trinajstić information content (AvgIpc) is 2.87. The molecule has 0 aliphatic rings. The first-order valence-electron chi connectivity index (χ1n) is 11.4. The van der Waals surface area contributed by atoms with Gasteiger partial charge in [0.25, 0.3) is 0 Å². The van der Waals surface area contributed by atoms with Gasteiger partial charge in [-0.05, 0) is 60.0 Å². The third kappa shape index (κ3) is 5.47. The van der Waals surface area contributed by atoms with Gasteiger partial charge in [0.2, 0.25) is 5.43 Å². The smallest absolute Gasteiger partial charge is 0.306 e. The summed E-state index contributed by atoms with van der Waals surface area (Å²) in [6, 6.07) is 14.1. The van der Waals surface area contributed by atoms with Crippen molar-refractivity contribution in [2.24, 2.45) is 0 Å². The molecular weight excluding hydrogens is 496 g/mol. The lowest BCUT2D eigenvalue weighted by molar-refractivity contribution is -0.140. The largest absolute Gasteiger partial charge is 0.508 e. The van der Waals surface area contributed by atoms with E-state index >= 15 is 0 Å². The number of carbonyl (C=O) groups is 1. The molecule has 4 rings (SSSR count). The summed E-state index contributed by atoms with van der Waals surface area (Å²) in [5.74, 6) is -0.908. The first-order valence-corrected chi connectivity index (χ1v) is 11.8. The van der Waals surface area contributed by atoms with Crippen LogP contribution < -0.4 is 10.2 Å². The first kappa shape index (κ1) is 25.9. The van der Waals surface area contributed by atoms with Gasteiger partial charge in [0.15, 0.2) is 0 Å². The molecule has 190 valence electrons. The minimum Gasteiger partial charge on any atom is -0.508 e. The Morgan fingerprint density at radius 2 is 1.84 bits per heavy atom. The van der Waals surface area contributed by atoms with Gasteiger partial charge in [-0.3, -0.25) is 9.59 Å². The summed E-state index contributed by atoms with van der Waals surface area (Å²) in [6.45, 7) is 5.94. The summed E-state index contributed by atoms with van der Waals surface area (Å²) >= 11 is 6.47. The van der Waals surface area contributed by atoms with Crippen molar-refractivity contribution in [1.29, 1.82) is 0 Å². The molecule has 0 aliphatic carbocycles. The van der Waals surface area contributed by atoms with Gasteiger partial charge in [0, 0.05) is 11.5 Å². The topological polar surface area (TPSA) is 106 Å². The van der Waals surface area contributed by atoms with E-state index in [-0.39, 0.29) is 45.4 Å². The molecule has 0 unspecified atom stereocenters. The van der Waals surface area contributed by atoms with E-state index < -0.39 is 11.9 Å². The molecule has 0 aliphatic heterocycles. The van der Waals surface area contributed by atoms with Crippen LogP contribution in [0.25, 0.3) is 22.1 Å². The summed E-state index contributed by atoms with van der Waals surface area (Å²) < 4.78 is 16.5. The number of phenolic OH excluding ortho intramolecular Hbond substituents is 2.